The molecule has 7 nitrogen and oxygen atoms in total. The van der Waals surface area contributed by atoms with Gasteiger partial charge in [0.15, 0.2) is 0 Å². The van der Waals surface area contributed by atoms with Gasteiger partial charge in [-0.3, -0.25) is 4.90 Å². The molecule has 0 saturated carbocycles. The Bertz CT molecular complexity index is 991. The molecule has 3 heterocycles. The smallest absolute Gasteiger partial charge is 0.208 e. The van der Waals surface area contributed by atoms with Gasteiger partial charge in [-0.15, -0.1) is 0 Å². The maximum absolute atomic E-state index is 11.5. The summed E-state index contributed by atoms with van der Waals surface area (Å²) in [6.07, 6.45) is 6.79. The van der Waals surface area contributed by atoms with Gasteiger partial charge in [0.1, 0.15) is 0 Å². The Morgan fingerprint density at radius 2 is 2.24 bits per heavy atom. The van der Waals surface area contributed by atoms with Crippen LogP contribution in [0.4, 0.5) is 0 Å². The molecule has 2 N–H and O–H groups in total. The lowest BCUT2D eigenvalue weighted by atomic mass is 10.1. The molecular weight excluding hydrogens is 338 g/mol. The number of hydrogen-bond acceptors (Lipinski definition) is 4. The Morgan fingerprint density at radius 3 is 3.08 bits per heavy atom. The largest absolute Gasteiger partial charge is 0.361 e. The molecule has 0 bridgehead atoms. The fourth-order valence-electron chi connectivity index (χ4n) is 3.52. The van der Waals surface area contributed by atoms with Gasteiger partial charge in [-0.1, -0.05) is 12.1 Å². The van der Waals surface area contributed by atoms with Crippen LogP contribution in [0.5, 0.6) is 0 Å². The zero-order chi connectivity index (χ0) is 17.4. The second-order valence-corrected chi connectivity index (χ2v) is 8.43. The Labute approximate surface area is 146 Å². The van der Waals surface area contributed by atoms with E-state index in [-0.39, 0.29) is 6.04 Å². The number of fused-ring (bicyclic) bond motifs is 2. The first-order valence-corrected chi connectivity index (χ1v) is 10.1. The Hall–Kier alpha value is -2.16. The van der Waals surface area contributed by atoms with Gasteiger partial charge >= 0.3 is 0 Å². The lowest BCUT2D eigenvalue weighted by molar-refractivity contribution is 0.178. The summed E-state index contributed by atoms with van der Waals surface area (Å²) in [6, 6.07) is 8.41. The third-order valence-electron chi connectivity index (χ3n) is 4.65. The second kappa shape index (κ2) is 6.29. The number of hydrogen-bond donors (Lipinski definition) is 2. The molecule has 0 amide bonds. The highest BCUT2D eigenvalue weighted by Gasteiger charge is 2.26. The van der Waals surface area contributed by atoms with Crippen LogP contribution in [0, 0.1) is 0 Å². The third kappa shape index (κ3) is 3.46. The van der Waals surface area contributed by atoms with Crippen molar-refractivity contribution in [3.8, 4) is 0 Å². The summed E-state index contributed by atoms with van der Waals surface area (Å²) in [5, 5.41) is 1.23. The first-order chi connectivity index (χ1) is 12.0. The van der Waals surface area contributed by atoms with Gasteiger partial charge in [0.05, 0.1) is 24.3 Å². The molecule has 0 saturated heterocycles. The van der Waals surface area contributed by atoms with Crippen molar-refractivity contribution >= 4 is 20.9 Å². The Balaban J connectivity index is 1.56. The Morgan fingerprint density at radius 1 is 1.36 bits per heavy atom. The lowest BCUT2D eigenvalue weighted by Crippen LogP contribution is -2.41. The molecule has 132 valence electrons. The van der Waals surface area contributed by atoms with E-state index in [4.69, 9.17) is 0 Å². The minimum absolute atomic E-state index is 0.0337. The fourth-order valence-corrected chi connectivity index (χ4v) is 4.02. The first kappa shape index (κ1) is 16.3. The van der Waals surface area contributed by atoms with Crippen molar-refractivity contribution in [3.05, 3.63) is 54.2 Å². The standard InChI is InChI=1S/C17H21N5O2S/c1-25(23,24)20-8-15-11-21(10-14-7-18-12-22(14)15)9-13-3-2-4-17-16(13)5-6-19-17/h2-7,12,15,19-20H,8-11H2,1H3/t15-/m0/s1. The summed E-state index contributed by atoms with van der Waals surface area (Å²) in [6.45, 7) is 2.76. The van der Waals surface area contributed by atoms with Crippen LogP contribution in [0.3, 0.4) is 0 Å². The van der Waals surface area contributed by atoms with Gasteiger partial charge in [-0.25, -0.2) is 18.1 Å². The van der Waals surface area contributed by atoms with E-state index in [1.807, 2.05) is 12.4 Å². The zero-order valence-electron chi connectivity index (χ0n) is 14.0. The van der Waals surface area contributed by atoms with Crippen molar-refractivity contribution in [1.82, 2.24) is 24.2 Å². The maximum atomic E-state index is 11.5. The van der Waals surface area contributed by atoms with Gasteiger partial charge in [0.2, 0.25) is 10.0 Å². The zero-order valence-corrected chi connectivity index (χ0v) is 14.8. The van der Waals surface area contributed by atoms with Crippen molar-refractivity contribution in [2.24, 2.45) is 0 Å². The molecule has 2 aromatic heterocycles. The van der Waals surface area contributed by atoms with Gasteiger partial charge in [-0.2, -0.15) is 0 Å². The van der Waals surface area contributed by atoms with Crippen molar-refractivity contribution in [3.63, 3.8) is 0 Å². The predicted octanol–water partition coefficient (Wildman–Crippen LogP) is 1.47. The number of sulfonamides is 1. The molecule has 1 aliphatic heterocycles. The summed E-state index contributed by atoms with van der Waals surface area (Å²) in [5.74, 6) is 0. The van der Waals surface area contributed by atoms with Crippen LogP contribution >= 0.6 is 0 Å². The van der Waals surface area contributed by atoms with E-state index in [1.54, 1.807) is 6.33 Å². The van der Waals surface area contributed by atoms with Gasteiger partial charge in [-0.05, 0) is 17.7 Å². The highest BCUT2D eigenvalue weighted by molar-refractivity contribution is 7.88. The average Bonchev–Trinajstić information content (AvgIpc) is 3.21. The monoisotopic (exact) mass is 359 g/mol. The predicted molar refractivity (Wildman–Crippen MR) is 96.5 cm³/mol. The molecule has 0 aliphatic carbocycles. The molecular formula is C17H21N5O2S. The number of rotatable bonds is 5. The number of aromatic nitrogens is 3. The second-order valence-electron chi connectivity index (χ2n) is 6.59. The first-order valence-electron chi connectivity index (χ1n) is 8.22. The highest BCUT2D eigenvalue weighted by atomic mass is 32.2. The van der Waals surface area contributed by atoms with Crippen LogP contribution in [-0.4, -0.2) is 47.2 Å². The normalized spacial score (nSPS) is 18.5. The van der Waals surface area contributed by atoms with Crippen LogP contribution in [0.15, 0.2) is 43.0 Å². The summed E-state index contributed by atoms with van der Waals surface area (Å²) < 4.78 is 27.6. The summed E-state index contributed by atoms with van der Waals surface area (Å²) >= 11 is 0. The van der Waals surface area contributed by atoms with Crippen molar-refractivity contribution in [1.29, 1.82) is 0 Å². The minimum atomic E-state index is -3.21. The highest BCUT2D eigenvalue weighted by Crippen LogP contribution is 2.25. The quantitative estimate of drug-likeness (QED) is 0.723. The van der Waals surface area contributed by atoms with E-state index in [0.717, 1.165) is 30.8 Å². The maximum Gasteiger partial charge on any atom is 0.208 e. The fraction of sp³-hybridized carbons (Fsp3) is 0.353. The van der Waals surface area contributed by atoms with Crippen molar-refractivity contribution < 1.29 is 8.42 Å². The van der Waals surface area contributed by atoms with Crippen LogP contribution in [0.25, 0.3) is 10.9 Å². The average molecular weight is 359 g/mol. The summed E-state index contributed by atoms with van der Waals surface area (Å²) in [5.41, 5.74) is 3.50. The van der Waals surface area contributed by atoms with Gasteiger partial charge in [0.25, 0.3) is 0 Å². The molecule has 25 heavy (non-hydrogen) atoms. The topological polar surface area (TPSA) is 83.0 Å². The number of H-pyrrole nitrogens is 1. The molecule has 0 radical (unpaired) electrons. The van der Waals surface area contributed by atoms with Gasteiger partial charge in [0, 0.05) is 49.5 Å². The summed E-state index contributed by atoms with van der Waals surface area (Å²) in [4.78, 5) is 9.82. The number of benzene rings is 1. The van der Waals surface area contributed by atoms with E-state index >= 15 is 0 Å². The summed E-state index contributed by atoms with van der Waals surface area (Å²) in [7, 11) is -3.21. The number of aromatic amines is 1. The lowest BCUT2D eigenvalue weighted by Gasteiger charge is -2.34. The molecule has 0 unspecified atom stereocenters. The van der Waals surface area contributed by atoms with E-state index < -0.39 is 10.0 Å². The van der Waals surface area contributed by atoms with Crippen LogP contribution < -0.4 is 4.72 Å². The van der Waals surface area contributed by atoms with E-state index in [0.29, 0.717) is 6.54 Å². The molecule has 1 atom stereocenters. The molecule has 1 aromatic carbocycles. The Kier molecular flexibility index (Phi) is 4.10. The van der Waals surface area contributed by atoms with E-state index in [9.17, 15) is 8.42 Å². The SMILES string of the molecule is CS(=O)(=O)NC[C@H]1CN(Cc2cccc3[nH]ccc23)Cc2cncn21. The van der Waals surface area contributed by atoms with Crippen molar-refractivity contribution in [2.75, 3.05) is 19.3 Å². The molecule has 8 heteroatoms. The minimum Gasteiger partial charge on any atom is -0.361 e. The van der Waals surface area contributed by atoms with E-state index in [2.05, 4.69) is 48.4 Å². The van der Waals surface area contributed by atoms with Crippen LogP contribution in [-0.2, 0) is 23.1 Å². The molecule has 0 fully saturated rings. The van der Waals surface area contributed by atoms with E-state index in [1.165, 1.54) is 17.2 Å². The van der Waals surface area contributed by atoms with Crippen LogP contribution in [0.2, 0.25) is 0 Å². The molecule has 3 aromatic rings. The van der Waals surface area contributed by atoms with Gasteiger partial charge < -0.3 is 9.55 Å². The van der Waals surface area contributed by atoms with Crippen molar-refractivity contribution in [2.45, 2.75) is 19.1 Å². The van der Waals surface area contributed by atoms with Crippen LogP contribution in [0.1, 0.15) is 17.3 Å². The molecule has 0 spiro atoms. The number of nitrogens with zero attached hydrogens (tertiary/aromatic N) is 3. The molecule has 1 aliphatic rings. The third-order valence-corrected chi connectivity index (χ3v) is 5.35. The number of imidazole rings is 1. The molecule has 4 rings (SSSR count). The number of nitrogens with one attached hydrogen (secondary N) is 2.